The zero-order chi connectivity index (χ0) is 23.6. The number of hydrogen-bond donors (Lipinski definition) is 1. The van der Waals surface area contributed by atoms with Crippen LogP contribution in [0.3, 0.4) is 0 Å². The van der Waals surface area contributed by atoms with Crippen molar-refractivity contribution < 1.29 is 13.2 Å². The fraction of sp³-hybridized carbons (Fsp3) is 0.308. The molecule has 0 atom stereocenters. The van der Waals surface area contributed by atoms with Crippen LogP contribution >= 0.6 is 0 Å². The van der Waals surface area contributed by atoms with Crippen molar-refractivity contribution in [2.24, 2.45) is 0 Å². The Balaban J connectivity index is 1.64. The molecular weight excluding hydrogens is 434 g/mol. The predicted molar refractivity (Wildman–Crippen MR) is 133 cm³/mol. The number of sulfonamides is 1. The summed E-state index contributed by atoms with van der Waals surface area (Å²) in [5, 5.41) is 2.41. The zero-order valence-electron chi connectivity index (χ0n) is 19.3. The molecule has 0 bridgehead atoms. The van der Waals surface area contributed by atoms with Crippen LogP contribution in [0.4, 0.5) is 0 Å². The van der Waals surface area contributed by atoms with Gasteiger partial charge in [-0.25, -0.2) is 18.1 Å². The maximum Gasteiger partial charge on any atom is 0.264 e. The van der Waals surface area contributed by atoms with E-state index in [9.17, 15) is 13.2 Å². The van der Waals surface area contributed by atoms with Crippen LogP contribution in [-0.4, -0.2) is 29.6 Å². The number of carbonyl (C=O) groups is 1. The fourth-order valence-electron chi connectivity index (χ4n) is 4.19. The Bertz CT molecular complexity index is 1440. The minimum atomic E-state index is -3.66. The maximum absolute atomic E-state index is 12.7. The second-order valence-corrected chi connectivity index (χ2v) is 10.3. The summed E-state index contributed by atoms with van der Waals surface area (Å²) in [7, 11) is -3.66. The minimum absolute atomic E-state index is 0.0485. The summed E-state index contributed by atoms with van der Waals surface area (Å²) in [4.78, 5) is 17.3. The number of carbonyl (C=O) groups excluding carboxylic acids is 1. The Morgan fingerprint density at radius 2 is 1.82 bits per heavy atom. The number of aromatic nitrogens is 2. The normalized spacial score (nSPS) is 11.8. The van der Waals surface area contributed by atoms with E-state index in [4.69, 9.17) is 0 Å². The van der Waals surface area contributed by atoms with Crippen molar-refractivity contribution in [3.05, 3.63) is 77.1 Å². The molecule has 1 N–H and O–H groups in total. The second-order valence-electron chi connectivity index (χ2n) is 8.48. The van der Waals surface area contributed by atoms with E-state index in [1.807, 2.05) is 26.0 Å². The first-order chi connectivity index (χ1) is 15.8. The molecule has 0 saturated heterocycles. The van der Waals surface area contributed by atoms with Crippen molar-refractivity contribution in [3.63, 3.8) is 0 Å². The van der Waals surface area contributed by atoms with Gasteiger partial charge in [0.2, 0.25) is 10.0 Å². The van der Waals surface area contributed by atoms with E-state index in [-0.39, 0.29) is 5.75 Å². The van der Waals surface area contributed by atoms with Crippen LogP contribution in [0.5, 0.6) is 0 Å². The molecule has 1 amide bonds. The molecule has 0 aliphatic carbocycles. The molecule has 7 heteroatoms. The molecule has 1 aromatic heterocycles. The lowest BCUT2D eigenvalue weighted by atomic mass is 10.00. The second kappa shape index (κ2) is 9.35. The molecule has 0 saturated carbocycles. The zero-order valence-corrected chi connectivity index (χ0v) is 20.1. The van der Waals surface area contributed by atoms with Crippen LogP contribution in [0.2, 0.25) is 0 Å². The molecular formula is C26H29N3O3S. The lowest BCUT2D eigenvalue weighted by Crippen LogP contribution is -2.32. The minimum Gasteiger partial charge on any atom is -0.324 e. The van der Waals surface area contributed by atoms with Gasteiger partial charge in [0, 0.05) is 12.1 Å². The van der Waals surface area contributed by atoms with Crippen LogP contribution in [0.1, 0.15) is 53.5 Å². The van der Waals surface area contributed by atoms with Gasteiger partial charge in [-0.1, -0.05) is 56.2 Å². The Morgan fingerprint density at radius 3 is 2.61 bits per heavy atom. The molecule has 0 unspecified atom stereocenters. The Morgan fingerprint density at radius 1 is 1.03 bits per heavy atom. The van der Waals surface area contributed by atoms with Crippen LogP contribution < -0.4 is 4.72 Å². The number of imidazole rings is 1. The SMILES string of the molecule is CCCCCS(=O)(=O)NC(=O)c1ccc2nc(C)n(Cc3ccc4ccccc4c3C)c2c1. The number of hydrogen-bond acceptors (Lipinski definition) is 4. The standard InChI is InChI=1S/C26H29N3O3S/c1-4-5-8-15-33(31,32)28-26(30)21-13-14-24-25(16-21)29(19(3)27-24)17-22-12-11-20-9-6-7-10-23(20)18(22)2/h6-7,9-14,16H,4-5,8,15,17H2,1-3H3,(H,28,30). The van der Waals surface area contributed by atoms with Crippen LogP contribution in [-0.2, 0) is 16.6 Å². The molecule has 3 aromatic carbocycles. The third-order valence-corrected chi connectivity index (χ3v) is 7.43. The number of fused-ring (bicyclic) bond motifs is 2. The highest BCUT2D eigenvalue weighted by molar-refractivity contribution is 7.90. The summed E-state index contributed by atoms with van der Waals surface area (Å²) in [5.41, 5.74) is 4.26. The van der Waals surface area contributed by atoms with Gasteiger partial charge < -0.3 is 4.57 Å². The highest BCUT2D eigenvalue weighted by Gasteiger charge is 2.18. The van der Waals surface area contributed by atoms with Crippen LogP contribution in [0.15, 0.2) is 54.6 Å². The van der Waals surface area contributed by atoms with Gasteiger partial charge in [0.25, 0.3) is 5.91 Å². The van der Waals surface area contributed by atoms with Gasteiger partial charge in [-0.3, -0.25) is 4.79 Å². The van der Waals surface area contributed by atoms with E-state index in [1.165, 1.54) is 21.9 Å². The van der Waals surface area contributed by atoms with Gasteiger partial charge in [-0.05, 0) is 60.4 Å². The summed E-state index contributed by atoms with van der Waals surface area (Å²) in [6, 6.07) is 17.7. The number of nitrogens with zero attached hydrogens (tertiary/aromatic N) is 2. The number of amides is 1. The van der Waals surface area contributed by atoms with Crippen molar-refractivity contribution in [3.8, 4) is 0 Å². The highest BCUT2D eigenvalue weighted by Crippen LogP contribution is 2.25. The Kier molecular flexibility index (Phi) is 6.51. The number of aryl methyl sites for hydroxylation is 2. The van der Waals surface area contributed by atoms with Crippen molar-refractivity contribution in [1.82, 2.24) is 14.3 Å². The van der Waals surface area contributed by atoms with Crippen molar-refractivity contribution in [2.75, 3.05) is 5.75 Å². The number of benzene rings is 3. The van der Waals surface area contributed by atoms with Gasteiger partial charge in [-0.15, -0.1) is 0 Å². The molecule has 1 heterocycles. The topological polar surface area (TPSA) is 81.1 Å². The quantitative estimate of drug-likeness (QED) is 0.369. The number of unbranched alkanes of at least 4 members (excludes halogenated alkanes) is 2. The predicted octanol–water partition coefficient (Wildman–Crippen LogP) is 5.10. The average Bonchev–Trinajstić information content (AvgIpc) is 3.09. The summed E-state index contributed by atoms with van der Waals surface area (Å²) in [6.07, 6.45) is 2.27. The van der Waals surface area contributed by atoms with Crippen LogP contribution in [0, 0.1) is 13.8 Å². The van der Waals surface area contributed by atoms with Crippen LogP contribution in [0.25, 0.3) is 21.8 Å². The lowest BCUT2D eigenvalue weighted by molar-refractivity contribution is 0.0981. The molecule has 0 radical (unpaired) electrons. The smallest absolute Gasteiger partial charge is 0.264 e. The summed E-state index contributed by atoms with van der Waals surface area (Å²) >= 11 is 0. The lowest BCUT2D eigenvalue weighted by Gasteiger charge is -2.13. The molecule has 4 rings (SSSR count). The van der Waals surface area contributed by atoms with E-state index >= 15 is 0 Å². The first kappa shape index (κ1) is 23.0. The average molecular weight is 464 g/mol. The molecule has 0 fully saturated rings. The molecule has 0 aliphatic heterocycles. The monoisotopic (exact) mass is 463 g/mol. The molecule has 4 aromatic rings. The summed E-state index contributed by atoms with van der Waals surface area (Å²) < 4.78 is 28.8. The van der Waals surface area contributed by atoms with Crippen molar-refractivity contribution in [2.45, 2.75) is 46.6 Å². The third-order valence-electron chi connectivity index (χ3n) is 6.11. The maximum atomic E-state index is 12.7. The van der Waals surface area contributed by atoms with Crippen molar-refractivity contribution >= 4 is 37.7 Å². The third kappa shape index (κ3) is 4.93. The van der Waals surface area contributed by atoms with Gasteiger partial charge >= 0.3 is 0 Å². The number of rotatable bonds is 8. The Labute approximate surface area is 194 Å². The molecule has 0 aliphatic rings. The first-order valence-electron chi connectivity index (χ1n) is 11.3. The van der Waals surface area contributed by atoms with E-state index in [0.29, 0.717) is 18.5 Å². The van der Waals surface area contributed by atoms with Gasteiger partial charge in [0.05, 0.1) is 16.8 Å². The van der Waals surface area contributed by atoms with E-state index in [1.54, 1.807) is 18.2 Å². The highest BCUT2D eigenvalue weighted by atomic mass is 32.2. The molecule has 33 heavy (non-hydrogen) atoms. The van der Waals surface area contributed by atoms with E-state index in [2.05, 4.69) is 45.5 Å². The van der Waals surface area contributed by atoms with Crippen molar-refractivity contribution in [1.29, 1.82) is 0 Å². The van der Waals surface area contributed by atoms with Gasteiger partial charge in [0.1, 0.15) is 5.82 Å². The van der Waals surface area contributed by atoms with Gasteiger partial charge in [-0.2, -0.15) is 0 Å². The molecule has 0 spiro atoms. The fourth-order valence-corrected chi connectivity index (χ4v) is 5.28. The Hall–Kier alpha value is -3.19. The largest absolute Gasteiger partial charge is 0.324 e. The van der Waals surface area contributed by atoms with Gasteiger partial charge in [0.15, 0.2) is 0 Å². The molecule has 172 valence electrons. The number of nitrogens with one attached hydrogen (secondary N) is 1. The first-order valence-corrected chi connectivity index (χ1v) is 12.9. The summed E-state index contributed by atoms with van der Waals surface area (Å²) in [6.45, 7) is 6.67. The summed E-state index contributed by atoms with van der Waals surface area (Å²) in [5.74, 6) is 0.176. The molecule has 6 nitrogen and oxygen atoms in total. The van der Waals surface area contributed by atoms with E-state index < -0.39 is 15.9 Å². The van der Waals surface area contributed by atoms with E-state index in [0.717, 1.165) is 29.7 Å².